The molecule has 2 aromatic carbocycles. The largest absolute Gasteiger partial charge is 0.377 e. The van der Waals surface area contributed by atoms with Gasteiger partial charge in [0.05, 0.1) is 17.1 Å². The third-order valence-electron chi connectivity index (χ3n) is 4.34. The molecule has 0 aromatic heterocycles. The van der Waals surface area contributed by atoms with Crippen molar-refractivity contribution in [1.29, 1.82) is 0 Å². The van der Waals surface area contributed by atoms with Crippen LogP contribution in [0.25, 0.3) is 10.8 Å². The van der Waals surface area contributed by atoms with E-state index >= 15 is 0 Å². The Labute approximate surface area is 143 Å². The van der Waals surface area contributed by atoms with E-state index in [9.17, 15) is 8.42 Å². The average molecular weight is 348 g/mol. The third-order valence-corrected chi connectivity index (χ3v) is 6.23. The van der Waals surface area contributed by atoms with Crippen LogP contribution in [0.4, 0.5) is 5.69 Å². The summed E-state index contributed by atoms with van der Waals surface area (Å²) in [6.45, 7) is 4.59. The lowest BCUT2D eigenvalue weighted by Crippen LogP contribution is -2.48. The zero-order valence-corrected chi connectivity index (χ0v) is 15.4. The molecule has 6 heteroatoms. The zero-order chi connectivity index (χ0) is 17.5. The van der Waals surface area contributed by atoms with E-state index in [2.05, 4.69) is 0 Å². The molecule has 2 aromatic rings. The topological polar surface area (TPSA) is 49.9 Å². The lowest BCUT2D eigenvalue weighted by Gasteiger charge is -2.34. The van der Waals surface area contributed by atoms with E-state index in [-0.39, 0.29) is 12.2 Å². The van der Waals surface area contributed by atoms with Gasteiger partial charge in [0.15, 0.2) is 0 Å². The quantitative estimate of drug-likeness (QED) is 0.856. The second kappa shape index (κ2) is 6.35. The van der Waals surface area contributed by atoms with E-state index in [1.165, 1.54) is 0 Å². The van der Waals surface area contributed by atoms with Crippen molar-refractivity contribution in [3.63, 3.8) is 0 Å². The number of ether oxygens (including phenoxy) is 1. The maximum absolute atomic E-state index is 13.2. The summed E-state index contributed by atoms with van der Waals surface area (Å²) in [6.07, 6.45) is -0.202. The summed E-state index contributed by atoms with van der Waals surface area (Å²) < 4.78 is 33.7. The first-order chi connectivity index (χ1) is 11.3. The number of fused-ring (bicyclic) bond motifs is 1. The Morgan fingerprint density at radius 3 is 2.21 bits per heavy atom. The Hall–Kier alpha value is -1.63. The van der Waals surface area contributed by atoms with Crippen LogP contribution in [-0.4, -0.2) is 52.1 Å². The van der Waals surface area contributed by atoms with Gasteiger partial charge in [0.25, 0.3) is 0 Å². The highest BCUT2D eigenvalue weighted by Gasteiger charge is 2.33. The van der Waals surface area contributed by atoms with Crippen molar-refractivity contribution < 1.29 is 13.2 Å². The van der Waals surface area contributed by atoms with Gasteiger partial charge in [0.1, 0.15) is 0 Å². The van der Waals surface area contributed by atoms with Gasteiger partial charge in [-0.15, -0.1) is 0 Å². The van der Waals surface area contributed by atoms with E-state index < -0.39 is 10.0 Å². The molecule has 0 radical (unpaired) electrons. The predicted molar refractivity (Wildman–Crippen MR) is 97.0 cm³/mol. The number of benzene rings is 2. The summed E-state index contributed by atoms with van der Waals surface area (Å²) in [6, 6.07) is 11.3. The minimum atomic E-state index is -3.56. The molecule has 1 aliphatic heterocycles. The van der Waals surface area contributed by atoms with Crippen molar-refractivity contribution in [1.82, 2.24) is 4.31 Å². The van der Waals surface area contributed by atoms with Gasteiger partial charge >= 0.3 is 0 Å². The maximum Gasteiger partial charge on any atom is 0.243 e. The van der Waals surface area contributed by atoms with Crippen molar-refractivity contribution in [2.75, 3.05) is 32.1 Å². The van der Waals surface area contributed by atoms with E-state index in [0.717, 1.165) is 16.5 Å². The fourth-order valence-electron chi connectivity index (χ4n) is 3.35. The Bertz CT molecular complexity index is 838. The lowest BCUT2D eigenvalue weighted by molar-refractivity contribution is -0.0440. The summed E-state index contributed by atoms with van der Waals surface area (Å²) in [4.78, 5) is 2.36. The molecule has 2 atom stereocenters. The Morgan fingerprint density at radius 1 is 1.00 bits per heavy atom. The van der Waals surface area contributed by atoms with E-state index in [0.29, 0.717) is 18.0 Å². The fourth-order valence-corrected chi connectivity index (χ4v) is 5.14. The molecule has 1 fully saturated rings. The summed E-state index contributed by atoms with van der Waals surface area (Å²) >= 11 is 0. The molecule has 0 amide bonds. The number of sulfonamides is 1. The summed E-state index contributed by atoms with van der Waals surface area (Å²) in [5.41, 5.74) is 1.01. The van der Waals surface area contributed by atoms with Crippen molar-refractivity contribution >= 4 is 26.5 Å². The Balaban J connectivity index is 2.13. The summed E-state index contributed by atoms with van der Waals surface area (Å²) in [7, 11) is 0.357. The second-order valence-corrected chi connectivity index (χ2v) is 8.51. The van der Waals surface area contributed by atoms with E-state index in [4.69, 9.17) is 4.74 Å². The smallest absolute Gasteiger partial charge is 0.243 e. The SMILES string of the molecule is CC1CN(S(=O)(=O)c2cccc3c(N(C)C)cccc23)CC(C)O1. The van der Waals surface area contributed by atoms with Crippen LogP contribution < -0.4 is 4.90 Å². The lowest BCUT2D eigenvalue weighted by atomic mass is 10.1. The number of nitrogens with zero attached hydrogens (tertiary/aromatic N) is 2. The van der Waals surface area contributed by atoms with Gasteiger partial charge in [-0.25, -0.2) is 8.42 Å². The van der Waals surface area contributed by atoms with Crippen LogP contribution in [0.5, 0.6) is 0 Å². The number of hydrogen-bond donors (Lipinski definition) is 0. The zero-order valence-electron chi connectivity index (χ0n) is 14.6. The first-order valence-corrected chi connectivity index (χ1v) is 9.59. The van der Waals surface area contributed by atoms with Crippen LogP contribution in [0.1, 0.15) is 13.8 Å². The first kappa shape index (κ1) is 17.2. The number of rotatable bonds is 3. The molecule has 5 nitrogen and oxygen atoms in total. The van der Waals surface area contributed by atoms with Gasteiger partial charge in [-0.2, -0.15) is 4.31 Å². The molecule has 0 N–H and O–H groups in total. The molecule has 0 spiro atoms. The number of morpholine rings is 1. The first-order valence-electron chi connectivity index (χ1n) is 8.15. The molecule has 1 saturated heterocycles. The third kappa shape index (κ3) is 3.01. The van der Waals surface area contributed by atoms with Crippen molar-refractivity contribution in [2.45, 2.75) is 31.0 Å². The van der Waals surface area contributed by atoms with Gasteiger partial charge in [-0.1, -0.05) is 24.3 Å². The Kier molecular flexibility index (Phi) is 4.55. The molecule has 24 heavy (non-hydrogen) atoms. The average Bonchev–Trinajstić information content (AvgIpc) is 2.52. The van der Waals surface area contributed by atoms with Crippen LogP contribution in [0.3, 0.4) is 0 Å². The van der Waals surface area contributed by atoms with E-state index in [1.807, 2.05) is 63.2 Å². The van der Waals surface area contributed by atoms with Crippen LogP contribution in [0, 0.1) is 0 Å². The normalized spacial score (nSPS) is 22.7. The van der Waals surface area contributed by atoms with E-state index in [1.54, 1.807) is 10.4 Å². The number of anilines is 1. The second-order valence-electron chi connectivity index (χ2n) is 6.60. The van der Waals surface area contributed by atoms with Crippen molar-refractivity contribution in [3.05, 3.63) is 36.4 Å². The van der Waals surface area contributed by atoms with Gasteiger partial charge in [0, 0.05) is 43.6 Å². The molecule has 1 heterocycles. The predicted octanol–water partition coefficient (Wildman–Crippen LogP) is 2.70. The molecular formula is C18H24N2O3S. The molecule has 2 unspecified atom stereocenters. The molecule has 3 rings (SSSR count). The minimum Gasteiger partial charge on any atom is -0.377 e. The van der Waals surface area contributed by atoms with Crippen LogP contribution in [-0.2, 0) is 14.8 Å². The summed E-state index contributed by atoms with van der Waals surface area (Å²) in [5.74, 6) is 0. The van der Waals surface area contributed by atoms with Crippen molar-refractivity contribution in [3.8, 4) is 0 Å². The highest BCUT2D eigenvalue weighted by atomic mass is 32.2. The van der Waals surface area contributed by atoms with Gasteiger partial charge in [0.2, 0.25) is 10.0 Å². The molecule has 0 saturated carbocycles. The fraction of sp³-hybridized carbons (Fsp3) is 0.444. The summed E-state index contributed by atoms with van der Waals surface area (Å²) in [5, 5.41) is 1.70. The van der Waals surface area contributed by atoms with Gasteiger partial charge in [-0.05, 0) is 26.0 Å². The van der Waals surface area contributed by atoms with Crippen molar-refractivity contribution in [2.24, 2.45) is 0 Å². The molecular weight excluding hydrogens is 324 g/mol. The maximum atomic E-state index is 13.2. The monoisotopic (exact) mass is 348 g/mol. The standard InChI is InChI=1S/C18H24N2O3S/c1-13-11-20(12-14(2)23-13)24(21,22)18-10-6-7-15-16(18)8-5-9-17(15)19(3)4/h5-10,13-14H,11-12H2,1-4H3. The van der Waals surface area contributed by atoms with Gasteiger partial charge in [-0.3, -0.25) is 0 Å². The molecule has 1 aliphatic rings. The highest BCUT2D eigenvalue weighted by molar-refractivity contribution is 7.89. The molecule has 0 aliphatic carbocycles. The minimum absolute atomic E-state index is 0.101. The van der Waals surface area contributed by atoms with Crippen LogP contribution in [0.15, 0.2) is 41.3 Å². The highest BCUT2D eigenvalue weighted by Crippen LogP contribution is 2.32. The molecule has 130 valence electrons. The molecule has 0 bridgehead atoms. The van der Waals surface area contributed by atoms with Gasteiger partial charge < -0.3 is 9.64 Å². The van der Waals surface area contributed by atoms with Crippen LogP contribution in [0.2, 0.25) is 0 Å². The Morgan fingerprint density at radius 2 is 1.58 bits per heavy atom. The van der Waals surface area contributed by atoms with Crippen LogP contribution >= 0.6 is 0 Å². The number of hydrogen-bond acceptors (Lipinski definition) is 4.